The lowest BCUT2D eigenvalue weighted by atomic mass is 10.1. The fourth-order valence-electron chi connectivity index (χ4n) is 1.90. The smallest absolute Gasteiger partial charge is 0.269 e. The maximum absolute atomic E-state index is 10.7. The highest BCUT2D eigenvalue weighted by Crippen LogP contribution is 2.15. The van der Waals surface area contributed by atoms with E-state index in [1.165, 1.54) is 6.07 Å². The normalized spacial score (nSPS) is 10.2. The summed E-state index contributed by atoms with van der Waals surface area (Å²) in [6.45, 7) is 0.668. The second-order valence-corrected chi connectivity index (χ2v) is 4.45. The Balaban J connectivity index is 1.97. The van der Waals surface area contributed by atoms with E-state index in [2.05, 4.69) is 5.32 Å². The summed E-state index contributed by atoms with van der Waals surface area (Å²) in [4.78, 5) is 10.3. The Labute approximate surface area is 117 Å². The van der Waals surface area contributed by atoms with Gasteiger partial charge in [0.25, 0.3) is 5.69 Å². The molecule has 0 saturated heterocycles. The van der Waals surface area contributed by atoms with Gasteiger partial charge >= 0.3 is 0 Å². The van der Waals surface area contributed by atoms with Crippen LogP contribution in [0.2, 0.25) is 0 Å². The Bertz CT molecular complexity index is 582. The molecule has 0 atom stereocenters. The van der Waals surface area contributed by atoms with Crippen molar-refractivity contribution in [2.75, 3.05) is 11.9 Å². The first-order valence-corrected chi connectivity index (χ1v) is 6.36. The summed E-state index contributed by atoms with van der Waals surface area (Å²) in [5.74, 6) is 0. The highest BCUT2D eigenvalue weighted by atomic mass is 16.6. The first kappa shape index (κ1) is 14.0. The first-order chi connectivity index (χ1) is 9.69. The third-order valence-corrected chi connectivity index (χ3v) is 2.97. The van der Waals surface area contributed by atoms with Crippen LogP contribution in [-0.2, 0) is 13.0 Å². The minimum absolute atomic E-state index is 0.0996. The summed E-state index contributed by atoms with van der Waals surface area (Å²) in [5.41, 5.74) is 2.98. The van der Waals surface area contributed by atoms with Gasteiger partial charge in [-0.1, -0.05) is 24.3 Å². The average molecular weight is 272 g/mol. The number of rotatable bonds is 6. The number of aliphatic hydroxyl groups excluding tert-OH is 1. The molecule has 0 saturated carbocycles. The van der Waals surface area contributed by atoms with E-state index in [4.69, 9.17) is 5.11 Å². The minimum Gasteiger partial charge on any atom is -0.396 e. The second-order valence-electron chi connectivity index (χ2n) is 4.45. The lowest BCUT2D eigenvalue weighted by Crippen LogP contribution is -2.00. The molecule has 0 bridgehead atoms. The molecule has 0 amide bonds. The predicted octanol–water partition coefficient (Wildman–Crippen LogP) is 2.74. The number of anilines is 1. The number of hydrogen-bond donors (Lipinski definition) is 2. The van der Waals surface area contributed by atoms with Gasteiger partial charge in [-0.3, -0.25) is 10.1 Å². The number of aliphatic hydroxyl groups is 1. The van der Waals surface area contributed by atoms with E-state index in [9.17, 15) is 10.1 Å². The van der Waals surface area contributed by atoms with Gasteiger partial charge in [0.05, 0.1) is 4.92 Å². The van der Waals surface area contributed by atoms with E-state index in [0.29, 0.717) is 13.0 Å². The van der Waals surface area contributed by atoms with Crippen LogP contribution in [0.5, 0.6) is 0 Å². The quantitative estimate of drug-likeness (QED) is 0.626. The average Bonchev–Trinajstić information content (AvgIpc) is 2.47. The highest BCUT2D eigenvalue weighted by Gasteiger charge is 2.05. The van der Waals surface area contributed by atoms with Crippen LogP contribution in [0.15, 0.2) is 48.5 Å². The number of nitrogens with one attached hydrogen (secondary N) is 1. The third-order valence-electron chi connectivity index (χ3n) is 2.97. The molecular formula is C15H16N2O3. The summed E-state index contributed by atoms with van der Waals surface area (Å²) >= 11 is 0. The second kappa shape index (κ2) is 6.68. The van der Waals surface area contributed by atoms with Gasteiger partial charge in [0, 0.05) is 31.0 Å². The molecule has 0 aromatic heterocycles. The fourth-order valence-corrected chi connectivity index (χ4v) is 1.90. The van der Waals surface area contributed by atoms with E-state index >= 15 is 0 Å². The summed E-state index contributed by atoms with van der Waals surface area (Å²) in [7, 11) is 0. The molecule has 0 spiro atoms. The molecular weight excluding hydrogens is 256 g/mol. The molecule has 0 heterocycles. The van der Waals surface area contributed by atoms with Gasteiger partial charge in [-0.05, 0) is 29.7 Å². The summed E-state index contributed by atoms with van der Waals surface area (Å²) in [6.07, 6.45) is 0.644. The van der Waals surface area contributed by atoms with Gasteiger partial charge in [0.2, 0.25) is 0 Å². The van der Waals surface area contributed by atoms with E-state index in [0.717, 1.165) is 16.8 Å². The Morgan fingerprint density at radius 2 is 1.85 bits per heavy atom. The standard InChI is InChI=1S/C15H16N2O3/c18-9-8-12-4-6-14(7-5-12)16-11-13-2-1-3-15(10-13)17(19)20/h1-7,10,16,18H,8-9,11H2. The molecule has 2 aromatic rings. The van der Waals surface area contributed by atoms with E-state index in [1.54, 1.807) is 12.1 Å². The van der Waals surface area contributed by atoms with Crippen LogP contribution in [0.1, 0.15) is 11.1 Å². The molecule has 5 heteroatoms. The number of nitro benzene ring substituents is 1. The molecule has 5 nitrogen and oxygen atoms in total. The zero-order valence-electron chi connectivity index (χ0n) is 11.0. The van der Waals surface area contributed by atoms with E-state index in [-0.39, 0.29) is 12.3 Å². The Kier molecular flexibility index (Phi) is 4.68. The Morgan fingerprint density at radius 3 is 2.50 bits per heavy atom. The zero-order chi connectivity index (χ0) is 14.4. The van der Waals surface area contributed by atoms with Gasteiger partial charge in [-0.2, -0.15) is 0 Å². The van der Waals surface area contributed by atoms with Crippen molar-refractivity contribution in [1.82, 2.24) is 0 Å². The van der Waals surface area contributed by atoms with Crippen LogP contribution in [0, 0.1) is 10.1 Å². The number of benzene rings is 2. The van der Waals surface area contributed by atoms with Crippen LogP contribution in [0.4, 0.5) is 11.4 Å². The fraction of sp³-hybridized carbons (Fsp3) is 0.200. The molecule has 2 rings (SSSR count). The van der Waals surface area contributed by atoms with Gasteiger partial charge in [0.15, 0.2) is 0 Å². The van der Waals surface area contributed by atoms with Crippen LogP contribution in [-0.4, -0.2) is 16.6 Å². The molecule has 0 radical (unpaired) electrons. The van der Waals surface area contributed by atoms with Crippen molar-refractivity contribution < 1.29 is 10.0 Å². The van der Waals surface area contributed by atoms with Gasteiger partial charge in [0.1, 0.15) is 0 Å². The summed E-state index contributed by atoms with van der Waals surface area (Å²) in [6, 6.07) is 14.3. The molecule has 0 aliphatic heterocycles. The monoisotopic (exact) mass is 272 g/mol. The largest absolute Gasteiger partial charge is 0.396 e. The van der Waals surface area contributed by atoms with Crippen LogP contribution < -0.4 is 5.32 Å². The van der Waals surface area contributed by atoms with E-state index < -0.39 is 4.92 Å². The van der Waals surface area contributed by atoms with Crippen molar-refractivity contribution in [3.63, 3.8) is 0 Å². The lowest BCUT2D eigenvalue weighted by Gasteiger charge is -2.07. The van der Waals surface area contributed by atoms with Gasteiger partial charge in [-0.15, -0.1) is 0 Å². The van der Waals surface area contributed by atoms with Crippen LogP contribution in [0.3, 0.4) is 0 Å². The van der Waals surface area contributed by atoms with Crippen LogP contribution in [0.25, 0.3) is 0 Å². The van der Waals surface area contributed by atoms with Gasteiger partial charge < -0.3 is 10.4 Å². The number of hydrogen-bond acceptors (Lipinski definition) is 4. The molecule has 0 aliphatic rings. The lowest BCUT2D eigenvalue weighted by molar-refractivity contribution is -0.384. The van der Waals surface area contributed by atoms with Gasteiger partial charge in [-0.25, -0.2) is 0 Å². The molecule has 0 unspecified atom stereocenters. The summed E-state index contributed by atoms with van der Waals surface area (Å²) in [5, 5.41) is 22.7. The maximum Gasteiger partial charge on any atom is 0.269 e. The van der Waals surface area contributed by atoms with Crippen molar-refractivity contribution in [2.24, 2.45) is 0 Å². The molecule has 0 fully saturated rings. The first-order valence-electron chi connectivity index (χ1n) is 6.36. The van der Waals surface area contributed by atoms with Crippen molar-refractivity contribution in [1.29, 1.82) is 0 Å². The maximum atomic E-state index is 10.7. The predicted molar refractivity (Wildman–Crippen MR) is 77.7 cm³/mol. The molecule has 104 valence electrons. The number of non-ortho nitro benzene ring substituents is 1. The topological polar surface area (TPSA) is 75.4 Å². The third kappa shape index (κ3) is 3.80. The highest BCUT2D eigenvalue weighted by molar-refractivity contribution is 5.46. The van der Waals surface area contributed by atoms with E-state index in [1.807, 2.05) is 30.3 Å². The zero-order valence-corrected chi connectivity index (χ0v) is 11.0. The number of nitro groups is 1. The van der Waals surface area contributed by atoms with Crippen molar-refractivity contribution in [3.8, 4) is 0 Å². The molecule has 2 aromatic carbocycles. The summed E-state index contributed by atoms with van der Waals surface area (Å²) < 4.78 is 0. The van der Waals surface area contributed by atoms with Crippen molar-refractivity contribution in [3.05, 3.63) is 69.8 Å². The van der Waals surface area contributed by atoms with Crippen molar-refractivity contribution >= 4 is 11.4 Å². The SMILES string of the molecule is O=[N+]([O-])c1cccc(CNc2ccc(CCO)cc2)c1. The van der Waals surface area contributed by atoms with Crippen molar-refractivity contribution in [2.45, 2.75) is 13.0 Å². The van der Waals surface area contributed by atoms with Crippen LogP contribution >= 0.6 is 0 Å². The minimum atomic E-state index is -0.396. The molecule has 0 aliphatic carbocycles. The Hall–Kier alpha value is -2.40. The Morgan fingerprint density at radius 1 is 1.10 bits per heavy atom. The molecule has 20 heavy (non-hydrogen) atoms. The number of nitrogens with zero attached hydrogens (tertiary/aromatic N) is 1. The molecule has 2 N–H and O–H groups in total.